The molecule has 0 saturated carbocycles. The molecule has 0 saturated heterocycles. The zero-order valence-electron chi connectivity index (χ0n) is 13.6. The maximum atomic E-state index is 12.1. The molecule has 3 N–H and O–H groups in total. The van der Waals surface area contributed by atoms with Crippen molar-refractivity contribution in [2.75, 3.05) is 6.54 Å². The second-order valence-electron chi connectivity index (χ2n) is 6.36. The maximum Gasteiger partial charge on any atom is 0.337 e. The van der Waals surface area contributed by atoms with Gasteiger partial charge in [-0.2, -0.15) is 0 Å². The number of aliphatic carboxylic acids is 1. The van der Waals surface area contributed by atoms with E-state index >= 15 is 0 Å². The number of rotatable bonds is 7. The predicted octanol–water partition coefficient (Wildman–Crippen LogP) is 1.94. The van der Waals surface area contributed by atoms with E-state index < -0.39 is 17.5 Å². The van der Waals surface area contributed by atoms with Crippen LogP contribution < -0.4 is 5.32 Å². The molecule has 0 heterocycles. The van der Waals surface area contributed by atoms with E-state index in [4.69, 9.17) is 5.11 Å². The van der Waals surface area contributed by atoms with E-state index in [-0.39, 0.29) is 12.5 Å². The third-order valence-corrected chi connectivity index (χ3v) is 3.56. The normalized spacial score (nSPS) is 15.2. The molecule has 2 atom stereocenters. The highest BCUT2D eigenvalue weighted by molar-refractivity contribution is 5.84. The van der Waals surface area contributed by atoms with Crippen molar-refractivity contribution in [1.29, 1.82) is 0 Å². The third kappa shape index (κ3) is 5.15. The first kappa shape index (κ1) is 18.2. The summed E-state index contributed by atoms with van der Waals surface area (Å²) in [4.78, 5) is 23.0. The van der Waals surface area contributed by atoms with Crippen molar-refractivity contribution in [2.45, 2.75) is 45.6 Å². The summed E-state index contributed by atoms with van der Waals surface area (Å²) in [7, 11) is 0. The van der Waals surface area contributed by atoms with Crippen molar-refractivity contribution >= 4 is 11.9 Å². The number of carbonyl (C=O) groups excluding carboxylic acids is 1. The Balaban J connectivity index is 2.73. The minimum absolute atomic E-state index is 0.303. The van der Waals surface area contributed by atoms with Crippen LogP contribution >= 0.6 is 0 Å². The van der Waals surface area contributed by atoms with Gasteiger partial charge in [-0.05, 0) is 37.3 Å². The average molecular weight is 307 g/mol. The summed E-state index contributed by atoms with van der Waals surface area (Å²) in [6.45, 7) is 6.87. The van der Waals surface area contributed by atoms with Gasteiger partial charge in [-0.25, -0.2) is 4.79 Å². The van der Waals surface area contributed by atoms with Crippen LogP contribution in [-0.4, -0.2) is 34.2 Å². The van der Waals surface area contributed by atoms with Gasteiger partial charge in [0.25, 0.3) is 0 Å². The lowest BCUT2D eigenvalue weighted by molar-refractivity contribution is -0.156. The number of hydrogen-bond acceptors (Lipinski definition) is 3. The molecule has 0 fully saturated rings. The van der Waals surface area contributed by atoms with Gasteiger partial charge in [0, 0.05) is 0 Å². The molecule has 0 aliphatic heterocycles. The number of carboxylic acid groups (broad SMARTS) is 1. The number of benzene rings is 1. The van der Waals surface area contributed by atoms with Crippen LogP contribution in [0.4, 0.5) is 0 Å². The van der Waals surface area contributed by atoms with Crippen LogP contribution in [0.5, 0.6) is 0 Å². The first-order valence-corrected chi connectivity index (χ1v) is 7.46. The van der Waals surface area contributed by atoms with Crippen LogP contribution in [0.1, 0.15) is 44.7 Å². The van der Waals surface area contributed by atoms with E-state index in [1.165, 1.54) is 5.56 Å². The summed E-state index contributed by atoms with van der Waals surface area (Å²) < 4.78 is 0. The molecule has 2 unspecified atom stereocenters. The van der Waals surface area contributed by atoms with Crippen molar-refractivity contribution in [1.82, 2.24) is 5.32 Å². The lowest BCUT2D eigenvalue weighted by atomic mass is 9.95. The Hall–Kier alpha value is -1.88. The molecule has 0 spiro atoms. The second-order valence-corrected chi connectivity index (χ2v) is 6.36. The molecule has 0 bridgehead atoms. The number of aliphatic hydroxyl groups is 1. The first-order chi connectivity index (χ1) is 10.1. The minimum Gasteiger partial charge on any atom is -0.479 e. The van der Waals surface area contributed by atoms with Crippen LogP contribution in [0.2, 0.25) is 0 Å². The fourth-order valence-corrected chi connectivity index (χ4v) is 2.10. The van der Waals surface area contributed by atoms with Crippen LogP contribution in [0, 0.1) is 5.92 Å². The van der Waals surface area contributed by atoms with E-state index in [1.807, 2.05) is 24.3 Å². The van der Waals surface area contributed by atoms with Gasteiger partial charge in [0.15, 0.2) is 5.60 Å². The lowest BCUT2D eigenvalue weighted by Crippen LogP contribution is -2.47. The maximum absolute atomic E-state index is 12.1. The zero-order valence-corrected chi connectivity index (χ0v) is 13.6. The van der Waals surface area contributed by atoms with Crippen LogP contribution in [0.25, 0.3) is 0 Å². The molecule has 0 aliphatic rings. The van der Waals surface area contributed by atoms with Gasteiger partial charge < -0.3 is 15.5 Å². The Labute approximate surface area is 131 Å². The van der Waals surface area contributed by atoms with Crippen molar-refractivity contribution in [3.63, 3.8) is 0 Å². The molecule has 122 valence electrons. The monoisotopic (exact) mass is 307 g/mol. The topological polar surface area (TPSA) is 86.6 Å². The number of carboxylic acids is 1. The highest BCUT2D eigenvalue weighted by Gasteiger charge is 2.31. The predicted molar refractivity (Wildman–Crippen MR) is 84.7 cm³/mol. The molecular formula is C17H25NO4. The Bertz CT molecular complexity index is 537. The van der Waals surface area contributed by atoms with Gasteiger partial charge in [0.1, 0.15) is 0 Å². The van der Waals surface area contributed by atoms with Gasteiger partial charge in [-0.3, -0.25) is 4.79 Å². The fourth-order valence-electron chi connectivity index (χ4n) is 2.10. The quantitative estimate of drug-likeness (QED) is 0.718. The Morgan fingerprint density at radius 3 is 2.45 bits per heavy atom. The van der Waals surface area contributed by atoms with Gasteiger partial charge >= 0.3 is 5.97 Å². The summed E-state index contributed by atoms with van der Waals surface area (Å²) >= 11 is 0. The first-order valence-electron chi connectivity index (χ1n) is 7.46. The number of carbonyl (C=O) groups is 2. The lowest BCUT2D eigenvalue weighted by Gasteiger charge is -2.20. The Kier molecular flexibility index (Phi) is 6.11. The standard InChI is InChI=1S/C17H25NO4/c1-11(2)8-13-6-5-7-14(9-13)12(3)15(19)18-10-17(4,22)16(20)21/h5-7,9,11-12,22H,8,10H2,1-4H3,(H,18,19)(H,20,21). The number of amides is 1. The molecule has 1 aromatic carbocycles. The largest absolute Gasteiger partial charge is 0.479 e. The van der Waals surface area contributed by atoms with Gasteiger partial charge in [-0.1, -0.05) is 38.1 Å². The third-order valence-electron chi connectivity index (χ3n) is 3.56. The molecule has 1 aromatic rings. The second kappa shape index (κ2) is 7.40. The molecule has 0 radical (unpaired) electrons. The van der Waals surface area contributed by atoms with E-state index in [0.717, 1.165) is 18.9 Å². The highest BCUT2D eigenvalue weighted by Crippen LogP contribution is 2.19. The molecule has 5 heteroatoms. The van der Waals surface area contributed by atoms with Crippen molar-refractivity contribution in [3.05, 3.63) is 35.4 Å². The summed E-state index contributed by atoms with van der Waals surface area (Å²) in [6, 6.07) is 7.83. The van der Waals surface area contributed by atoms with Crippen molar-refractivity contribution in [3.8, 4) is 0 Å². The summed E-state index contributed by atoms with van der Waals surface area (Å²) in [5.74, 6) is -1.54. The Morgan fingerprint density at radius 1 is 1.27 bits per heavy atom. The molecule has 1 rings (SSSR count). The van der Waals surface area contributed by atoms with Gasteiger partial charge in [-0.15, -0.1) is 0 Å². The zero-order chi connectivity index (χ0) is 16.9. The van der Waals surface area contributed by atoms with E-state index in [0.29, 0.717) is 5.92 Å². The minimum atomic E-state index is -1.96. The summed E-state index contributed by atoms with van der Waals surface area (Å²) in [5.41, 5.74) is 0.0878. The fraction of sp³-hybridized carbons (Fsp3) is 0.529. The van der Waals surface area contributed by atoms with Gasteiger partial charge in [0.2, 0.25) is 5.91 Å². The molecule has 22 heavy (non-hydrogen) atoms. The smallest absolute Gasteiger partial charge is 0.337 e. The number of hydrogen-bond donors (Lipinski definition) is 3. The van der Waals surface area contributed by atoms with E-state index in [9.17, 15) is 14.7 Å². The van der Waals surface area contributed by atoms with E-state index in [1.54, 1.807) is 6.92 Å². The molecule has 0 aliphatic carbocycles. The highest BCUT2D eigenvalue weighted by atomic mass is 16.4. The summed E-state index contributed by atoms with van der Waals surface area (Å²) in [6.07, 6.45) is 0.940. The average Bonchev–Trinajstić information content (AvgIpc) is 2.43. The molecule has 1 amide bonds. The van der Waals surface area contributed by atoms with E-state index in [2.05, 4.69) is 19.2 Å². The van der Waals surface area contributed by atoms with Crippen molar-refractivity contribution < 1.29 is 19.8 Å². The summed E-state index contributed by atoms with van der Waals surface area (Å²) in [5, 5.41) is 20.9. The number of nitrogens with one attached hydrogen (secondary N) is 1. The molecule has 0 aromatic heterocycles. The van der Waals surface area contributed by atoms with Gasteiger partial charge in [0.05, 0.1) is 12.5 Å². The van der Waals surface area contributed by atoms with Crippen molar-refractivity contribution in [2.24, 2.45) is 5.92 Å². The van der Waals surface area contributed by atoms with Crippen LogP contribution in [0.15, 0.2) is 24.3 Å². The van der Waals surface area contributed by atoms with Crippen LogP contribution in [-0.2, 0) is 16.0 Å². The molecular weight excluding hydrogens is 282 g/mol. The molecule has 5 nitrogen and oxygen atoms in total. The van der Waals surface area contributed by atoms with Crippen LogP contribution in [0.3, 0.4) is 0 Å². The SMILES string of the molecule is CC(C)Cc1cccc(C(C)C(=O)NCC(C)(O)C(=O)O)c1. The Morgan fingerprint density at radius 2 is 1.91 bits per heavy atom.